The minimum atomic E-state index is -0.806. The Kier molecular flexibility index (Phi) is 22.8. The Hall–Kier alpha value is -5.28. The minimum absolute atomic E-state index is 0.0627. The normalized spacial score (nSPS) is 10.3. The molecule has 0 fully saturated rings. The van der Waals surface area contributed by atoms with E-state index >= 15 is 0 Å². The zero-order valence-corrected chi connectivity index (χ0v) is 31.6. The number of non-ortho nitro benzene ring substituents is 1. The van der Waals surface area contributed by atoms with Gasteiger partial charge in [-0.3, -0.25) is 10.1 Å². The van der Waals surface area contributed by atoms with Gasteiger partial charge >= 0.3 is 24.1 Å². The first-order valence-electron chi connectivity index (χ1n) is 18.1. The lowest BCUT2D eigenvalue weighted by atomic mass is 10.1. The number of carbonyl (C=O) groups is 4. The van der Waals surface area contributed by atoms with Crippen molar-refractivity contribution in [3.8, 4) is 0 Å². The molecule has 0 bridgehead atoms. The number of anilines is 1. The fraction of sp³-hybridized carbons (Fsp3) is 0.556. The Morgan fingerprint density at radius 2 is 0.846 bits per heavy atom. The smallest absolute Gasteiger partial charge is 0.316 e. The number of benzene rings is 2. The topological polar surface area (TPSA) is 211 Å². The molecule has 52 heavy (non-hydrogen) atoms. The molecule has 0 atom stereocenters. The fourth-order valence-electron chi connectivity index (χ4n) is 4.40. The summed E-state index contributed by atoms with van der Waals surface area (Å²) in [4.78, 5) is 60.5. The van der Waals surface area contributed by atoms with E-state index < -0.39 is 29.3 Å². The summed E-state index contributed by atoms with van der Waals surface area (Å²) in [6.45, 7) is 10.4. The van der Waals surface area contributed by atoms with Gasteiger partial charge in [-0.1, -0.05) is 65.5 Å². The summed E-state index contributed by atoms with van der Waals surface area (Å²) < 4.78 is 0. The molecule has 0 unspecified atom stereocenters. The van der Waals surface area contributed by atoms with Crippen molar-refractivity contribution in [1.82, 2.24) is 42.5 Å². The van der Waals surface area contributed by atoms with E-state index in [-0.39, 0.29) is 17.7 Å². The highest BCUT2D eigenvalue weighted by molar-refractivity contribution is 5.78. The van der Waals surface area contributed by atoms with E-state index in [1.54, 1.807) is 0 Å². The van der Waals surface area contributed by atoms with Crippen LogP contribution in [0.1, 0.15) is 103 Å². The Bertz CT molecular complexity index is 1290. The Morgan fingerprint density at radius 3 is 1.10 bits per heavy atom. The van der Waals surface area contributed by atoms with Crippen molar-refractivity contribution in [2.45, 2.75) is 91.4 Å². The molecule has 290 valence electrons. The molecular formula is C36H60N10O6. The first-order valence-corrected chi connectivity index (χ1v) is 18.1. The van der Waals surface area contributed by atoms with E-state index in [0.29, 0.717) is 31.7 Å². The molecule has 0 aliphatic rings. The highest BCUT2D eigenvalue weighted by atomic mass is 16.6. The highest BCUT2D eigenvalue weighted by Gasteiger charge is 2.19. The number of unbranched alkanes of at least 4 members (excludes halogenated alkanes) is 4. The number of carbonyl (C=O) groups excluding carboxylic acids is 4. The van der Waals surface area contributed by atoms with E-state index in [1.807, 2.05) is 57.1 Å². The van der Waals surface area contributed by atoms with E-state index in [0.717, 1.165) is 62.6 Å². The van der Waals surface area contributed by atoms with Crippen LogP contribution in [0.2, 0.25) is 0 Å². The molecule has 16 heteroatoms. The quantitative estimate of drug-likeness (QED) is 0.0366. The van der Waals surface area contributed by atoms with Gasteiger partial charge in [-0.05, 0) is 61.1 Å². The van der Waals surface area contributed by atoms with Crippen molar-refractivity contribution in [3.05, 3.63) is 69.8 Å². The van der Waals surface area contributed by atoms with Crippen molar-refractivity contribution in [3.63, 3.8) is 0 Å². The molecule has 16 nitrogen and oxygen atoms in total. The number of nitrogens with zero attached hydrogens (tertiary/aromatic N) is 2. The lowest BCUT2D eigenvalue weighted by Gasteiger charge is -2.22. The number of hydrogen-bond acceptors (Lipinski definition) is 7. The largest absolute Gasteiger partial charge is 0.378 e. The van der Waals surface area contributed by atoms with Gasteiger partial charge in [-0.15, -0.1) is 0 Å². The molecular weight excluding hydrogens is 668 g/mol. The standard InChI is InChI=1S/C19H33N5O2.C17H27N5O4/c1-5-7-13-20-18(25)22-17(23-19(26)21-14-8-6-2)15-9-11-16(12-10-15)24(3)4;1-3-5-11-18-16(23)20-15(21-17(24)19-12-6-4-2)13-7-9-14(10-8-13)22(25)26/h9-12,17H,5-8,13-14H2,1-4H3,(H2,20,22,25)(H2,21,23,26);7-10,15H,3-6,11-12H2,1-2H3,(H2,18,20,23)(H2,19,21,24). The maximum absolute atomic E-state index is 12.1. The minimum Gasteiger partial charge on any atom is -0.378 e. The van der Waals surface area contributed by atoms with Gasteiger partial charge in [0.25, 0.3) is 5.69 Å². The van der Waals surface area contributed by atoms with Crippen LogP contribution in [0.3, 0.4) is 0 Å². The molecule has 0 saturated carbocycles. The summed E-state index contributed by atoms with van der Waals surface area (Å²) in [5.41, 5.74) is 2.33. The van der Waals surface area contributed by atoms with Gasteiger partial charge < -0.3 is 47.4 Å². The molecule has 0 aromatic heterocycles. The fourth-order valence-corrected chi connectivity index (χ4v) is 4.40. The number of hydrogen-bond donors (Lipinski definition) is 8. The molecule has 2 rings (SSSR count). The van der Waals surface area contributed by atoms with Crippen LogP contribution in [0.15, 0.2) is 48.5 Å². The summed E-state index contributed by atoms with van der Waals surface area (Å²) in [6.07, 6.45) is 6.03. The third-order valence-electron chi connectivity index (χ3n) is 7.55. The van der Waals surface area contributed by atoms with Crippen LogP contribution in [0.5, 0.6) is 0 Å². The third-order valence-corrected chi connectivity index (χ3v) is 7.55. The molecule has 0 radical (unpaired) electrons. The second-order valence-electron chi connectivity index (χ2n) is 12.2. The van der Waals surface area contributed by atoms with Gasteiger partial charge in [0.15, 0.2) is 0 Å². The number of urea groups is 4. The van der Waals surface area contributed by atoms with E-state index in [9.17, 15) is 29.3 Å². The molecule has 2 aromatic carbocycles. The summed E-state index contributed by atoms with van der Waals surface area (Å²) in [6, 6.07) is 11.9. The molecule has 8 N–H and O–H groups in total. The van der Waals surface area contributed by atoms with Crippen LogP contribution in [-0.2, 0) is 0 Å². The summed E-state index contributed by atoms with van der Waals surface area (Å²) >= 11 is 0. The zero-order chi connectivity index (χ0) is 38.7. The molecule has 0 aliphatic carbocycles. The molecule has 0 heterocycles. The zero-order valence-electron chi connectivity index (χ0n) is 31.6. The Morgan fingerprint density at radius 1 is 0.558 bits per heavy atom. The van der Waals surface area contributed by atoms with Crippen LogP contribution in [0.25, 0.3) is 0 Å². The Labute approximate surface area is 308 Å². The maximum atomic E-state index is 12.1. The Balaban J connectivity index is 0.000000520. The SMILES string of the molecule is CCCCNC(=O)NC(NC(=O)NCCCC)c1ccc(N(C)C)cc1.CCCCNC(=O)NC(NC(=O)NCCCC)c1ccc([N+](=O)[O-])cc1. The van der Waals surface area contributed by atoms with Crippen molar-refractivity contribution in [1.29, 1.82) is 0 Å². The van der Waals surface area contributed by atoms with Crippen molar-refractivity contribution >= 4 is 35.5 Å². The van der Waals surface area contributed by atoms with Crippen LogP contribution in [-0.4, -0.2) is 69.3 Å². The lowest BCUT2D eigenvalue weighted by molar-refractivity contribution is -0.384. The first-order chi connectivity index (χ1) is 24.9. The average molecular weight is 729 g/mol. The van der Waals surface area contributed by atoms with Crippen molar-refractivity contribution < 1.29 is 24.1 Å². The van der Waals surface area contributed by atoms with Gasteiger partial charge in [0.1, 0.15) is 12.3 Å². The van der Waals surface area contributed by atoms with Gasteiger partial charge in [0, 0.05) is 58.1 Å². The molecule has 0 spiro atoms. The van der Waals surface area contributed by atoms with Gasteiger partial charge in [0.05, 0.1) is 4.92 Å². The van der Waals surface area contributed by atoms with Crippen LogP contribution in [0.4, 0.5) is 30.6 Å². The second-order valence-corrected chi connectivity index (χ2v) is 12.2. The van der Waals surface area contributed by atoms with E-state index in [4.69, 9.17) is 0 Å². The summed E-state index contributed by atoms with van der Waals surface area (Å²) in [5, 5.41) is 32.8. The summed E-state index contributed by atoms with van der Waals surface area (Å²) in [5.74, 6) is 0. The lowest BCUT2D eigenvalue weighted by Crippen LogP contribution is -2.48. The number of nitro benzene ring substituents is 1. The number of rotatable bonds is 20. The number of amides is 8. The molecule has 8 amide bonds. The van der Waals surface area contributed by atoms with E-state index in [2.05, 4.69) is 56.4 Å². The van der Waals surface area contributed by atoms with Crippen LogP contribution in [0, 0.1) is 10.1 Å². The maximum Gasteiger partial charge on any atom is 0.316 e. The first kappa shape index (κ1) is 44.7. The predicted octanol–water partition coefficient (Wildman–Crippen LogP) is 5.74. The van der Waals surface area contributed by atoms with Crippen molar-refractivity contribution in [2.75, 3.05) is 45.2 Å². The predicted molar refractivity (Wildman–Crippen MR) is 205 cm³/mol. The highest BCUT2D eigenvalue weighted by Crippen LogP contribution is 2.18. The van der Waals surface area contributed by atoms with Crippen molar-refractivity contribution in [2.24, 2.45) is 0 Å². The van der Waals surface area contributed by atoms with Gasteiger partial charge in [-0.25, -0.2) is 19.2 Å². The molecule has 2 aromatic rings. The molecule has 0 saturated heterocycles. The third kappa shape index (κ3) is 19.2. The van der Waals surface area contributed by atoms with Crippen LogP contribution < -0.4 is 47.4 Å². The second kappa shape index (κ2) is 26.5. The monoisotopic (exact) mass is 728 g/mol. The van der Waals surface area contributed by atoms with Gasteiger partial charge in [-0.2, -0.15) is 0 Å². The number of nitro groups is 1. The van der Waals surface area contributed by atoms with Crippen LogP contribution >= 0.6 is 0 Å². The molecule has 0 aliphatic heterocycles. The number of nitrogens with one attached hydrogen (secondary N) is 8. The average Bonchev–Trinajstić information content (AvgIpc) is 3.12. The van der Waals surface area contributed by atoms with Gasteiger partial charge in [0.2, 0.25) is 0 Å². The van der Waals surface area contributed by atoms with E-state index in [1.165, 1.54) is 24.3 Å². The summed E-state index contributed by atoms with van der Waals surface area (Å²) in [7, 11) is 3.93.